The summed E-state index contributed by atoms with van der Waals surface area (Å²) in [7, 11) is 0. The molecule has 3 heteroatoms. The summed E-state index contributed by atoms with van der Waals surface area (Å²) >= 11 is 1.76. The maximum Gasteiger partial charge on any atom is 0.0991 e. The summed E-state index contributed by atoms with van der Waals surface area (Å²) in [4.78, 5) is 1.33. The zero-order chi connectivity index (χ0) is 12.1. The third-order valence-corrected chi connectivity index (χ3v) is 3.69. The molecule has 2 nitrogen and oxygen atoms in total. The molecule has 0 aliphatic heterocycles. The van der Waals surface area contributed by atoms with E-state index in [0.717, 1.165) is 12.1 Å². The summed E-state index contributed by atoms with van der Waals surface area (Å²) in [5.41, 5.74) is 1.86. The van der Waals surface area contributed by atoms with Gasteiger partial charge in [0.2, 0.25) is 0 Å². The number of nitrogens with zero attached hydrogens (tertiary/aromatic N) is 1. The molecule has 1 N–H and O–H groups in total. The van der Waals surface area contributed by atoms with Crippen LogP contribution in [0.15, 0.2) is 41.8 Å². The molecule has 0 aliphatic carbocycles. The van der Waals surface area contributed by atoms with E-state index in [1.54, 1.807) is 11.3 Å². The Morgan fingerprint density at radius 3 is 2.94 bits per heavy atom. The third kappa shape index (κ3) is 3.16. The van der Waals surface area contributed by atoms with Gasteiger partial charge in [0, 0.05) is 17.5 Å². The number of nitriles is 1. The smallest absolute Gasteiger partial charge is 0.0991 e. The van der Waals surface area contributed by atoms with Crippen LogP contribution in [0.2, 0.25) is 0 Å². The van der Waals surface area contributed by atoms with E-state index in [2.05, 4.69) is 35.8 Å². The van der Waals surface area contributed by atoms with Crippen LogP contribution in [-0.4, -0.2) is 0 Å². The molecule has 86 valence electrons. The lowest BCUT2D eigenvalue weighted by molar-refractivity contribution is 0.583. The normalized spacial score (nSPS) is 12.0. The number of benzene rings is 1. The van der Waals surface area contributed by atoms with Gasteiger partial charge < -0.3 is 5.32 Å². The minimum atomic E-state index is 0.348. The molecular weight excluding hydrogens is 228 g/mol. The van der Waals surface area contributed by atoms with Crippen molar-refractivity contribution in [3.8, 4) is 6.07 Å². The topological polar surface area (TPSA) is 35.8 Å². The van der Waals surface area contributed by atoms with Gasteiger partial charge in [0.1, 0.15) is 0 Å². The first-order chi connectivity index (χ1) is 8.29. The molecule has 1 aromatic heterocycles. The van der Waals surface area contributed by atoms with Crippen LogP contribution < -0.4 is 5.32 Å². The molecule has 17 heavy (non-hydrogen) atoms. The van der Waals surface area contributed by atoms with Crippen molar-refractivity contribution >= 4 is 11.3 Å². The number of thiophene rings is 1. The first kappa shape index (κ1) is 11.8. The fourth-order valence-electron chi connectivity index (χ4n) is 1.66. The van der Waals surface area contributed by atoms with E-state index in [-0.39, 0.29) is 0 Å². The van der Waals surface area contributed by atoms with Gasteiger partial charge in [-0.2, -0.15) is 5.26 Å². The lowest BCUT2D eigenvalue weighted by Crippen LogP contribution is -2.17. The van der Waals surface area contributed by atoms with Crippen LogP contribution in [0.3, 0.4) is 0 Å². The maximum absolute atomic E-state index is 8.82. The van der Waals surface area contributed by atoms with Crippen LogP contribution in [0.4, 0.5) is 0 Å². The van der Waals surface area contributed by atoms with Crippen LogP contribution in [0.1, 0.15) is 29.0 Å². The number of rotatable bonds is 4. The minimum absolute atomic E-state index is 0.348. The number of hydrogen-bond acceptors (Lipinski definition) is 3. The molecule has 0 radical (unpaired) electrons. The van der Waals surface area contributed by atoms with Crippen LogP contribution in [0, 0.1) is 11.3 Å². The van der Waals surface area contributed by atoms with Crippen LogP contribution in [-0.2, 0) is 6.54 Å². The Kier molecular flexibility index (Phi) is 3.92. The Bertz CT molecular complexity index is 511. The molecule has 1 atom stereocenters. The Morgan fingerprint density at radius 1 is 1.35 bits per heavy atom. The lowest BCUT2D eigenvalue weighted by atomic mass is 10.1. The zero-order valence-corrected chi connectivity index (χ0v) is 10.5. The third-order valence-electron chi connectivity index (χ3n) is 2.64. The molecule has 0 saturated carbocycles. The highest BCUT2D eigenvalue weighted by Gasteiger charge is 2.05. The van der Waals surface area contributed by atoms with Gasteiger partial charge in [-0.15, -0.1) is 11.3 Å². The fourth-order valence-corrected chi connectivity index (χ4v) is 2.42. The summed E-state index contributed by atoms with van der Waals surface area (Å²) in [6, 6.07) is 14.4. The molecule has 0 aliphatic rings. The van der Waals surface area contributed by atoms with Crippen LogP contribution in [0.5, 0.6) is 0 Å². The van der Waals surface area contributed by atoms with Crippen molar-refractivity contribution in [3.05, 3.63) is 57.8 Å². The van der Waals surface area contributed by atoms with Gasteiger partial charge in [0.15, 0.2) is 0 Å². The van der Waals surface area contributed by atoms with Crippen molar-refractivity contribution in [1.82, 2.24) is 5.32 Å². The Balaban J connectivity index is 1.96. The average molecular weight is 242 g/mol. The first-order valence-corrected chi connectivity index (χ1v) is 6.43. The molecule has 1 aromatic carbocycles. The summed E-state index contributed by atoms with van der Waals surface area (Å²) in [6.07, 6.45) is 0. The predicted molar refractivity (Wildman–Crippen MR) is 70.7 cm³/mol. The fraction of sp³-hybridized carbons (Fsp3) is 0.214. The van der Waals surface area contributed by atoms with Crippen molar-refractivity contribution < 1.29 is 0 Å². The first-order valence-electron chi connectivity index (χ1n) is 5.55. The molecular formula is C14H14N2S. The van der Waals surface area contributed by atoms with Crippen LogP contribution >= 0.6 is 11.3 Å². The SMILES string of the molecule is C[C@@H](NCc1cccc(C#N)c1)c1cccs1. The highest BCUT2D eigenvalue weighted by Crippen LogP contribution is 2.18. The van der Waals surface area contributed by atoms with E-state index in [1.807, 2.05) is 24.3 Å². The van der Waals surface area contributed by atoms with Gasteiger partial charge in [-0.3, -0.25) is 0 Å². The average Bonchev–Trinajstić information content (AvgIpc) is 2.90. The minimum Gasteiger partial charge on any atom is -0.305 e. The van der Waals surface area contributed by atoms with Gasteiger partial charge in [-0.25, -0.2) is 0 Å². The van der Waals surface area contributed by atoms with Crippen molar-refractivity contribution in [1.29, 1.82) is 5.26 Å². The van der Waals surface area contributed by atoms with Gasteiger partial charge in [0.25, 0.3) is 0 Å². The van der Waals surface area contributed by atoms with E-state index < -0.39 is 0 Å². The second kappa shape index (κ2) is 5.62. The predicted octanol–water partition coefficient (Wildman–Crippen LogP) is 3.47. The van der Waals surface area contributed by atoms with E-state index in [9.17, 15) is 0 Å². The summed E-state index contributed by atoms with van der Waals surface area (Å²) in [5, 5.41) is 14.4. The van der Waals surface area contributed by atoms with E-state index in [0.29, 0.717) is 11.6 Å². The van der Waals surface area contributed by atoms with Gasteiger partial charge in [-0.1, -0.05) is 18.2 Å². The Morgan fingerprint density at radius 2 is 2.24 bits per heavy atom. The van der Waals surface area contributed by atoms with E-state index in [4.69, 9.17) is 5.26 Å². The number of nitrogens with one attached hydrogen (secondary N) is 1. The Hall–Kier alpha value is -1.63. The zero-order valence-electron chi connectivity index (χ0n) is 9.68. The molecule has 0 unspecified atom stereocenters. The van der Waals surface area contributed by atoms with Gasteiger partial charge >= 0.3 is 0 Å². The lowest BCUT2D eigenvalue weighted by Gasteiger charge is -2.12. The summed E-state index contributed by atoms with van der Waals surface area (Å²) < 4.78 is 0. The molecule has 0 amide bonds. The largest absolute Gasteiger partial charge is 0.305 e. The van der Waals surface area contributed by atoms with E-state index >= 15 is 0 Å². The molecule has 0 saturated heterocycles. The number of hydrogen-bond donors (Lipinski definition) is 1. The maximum atomic E-state index is 8.82. The van der Waals surface area contributed by atoms with E-state index in [1.165, 1.54) is 4.88 Å². The molecule has 2 rings (SSSR count). The highest BCUT2D eigenvalue weighted by atomic mass is 32.1. The second-order valence-corrected chi connectivity index (χ2v) is 4.91. The van der Waals surface area contributed by atoms with Crippen molar-refractivity contribution in [2.24, 2.45) is 0 Å². The molecule has 0 spiro atoms. The van der Waals surface area contributed by atoms with Crippen molar-refractivity contribution in [2.75, 3.05) is 0 Å². The molecule has 0 bridgehead atoms. The standard InChI is InChI=1S/C14H14N2S/c1-11(14-6-3-7-17-14)16-10-13-5-2-4-12(8-13)9-15/h2-8,11,16H,10H2,1H3/t11-/m1/s1. The van der Waals surface area contributed by atoms with Crippen molar-refractivity contribution in [3.63, 3.8) is 0 Å². The molecule has 2 aromatic rings. The summed E-state index contributed by atoms with van der Waals surface area (Å²) in [6.45, 7) is 2.94. The van der Waals surface area contributed by atoms with Crippen molar-refractivity contribution in [2.45, 2.75) is 19.5 Å². The van der Waals surface area contributed by atoms with Gasteiger partial charge in [-0.05, 0) is 36.1 Å². The monoisotopic (exact) mass is 242 g/mol. The molecule has 1 heterocycles. The quantitative estimate of drug-likeness (QED) is 0.891. The Labute approximate surface area is 106 Å². The highest BCUT2D eigenvalue weighted by molar-refractivity contribution is 7.10. The van der Waals surface area contributed by atoms with Crippen LogP contribution in [0.25, 0.3) is 0 Å². The van der Waals surface area contributed by atoms with Gasteiger partial charge in [0.05, 0.1) is 11.6 Å². The molecule has 0 fully saturated rings. The summed E-state index contributed by atoms with van der Waals surface area (Å²) in [5.74, 6) is 0. The second-order valence-electron chi connectivity index (χ2n) is 3.93.